The van der Waals surface area contributed by atoms with Crippen LogP contribution in [0, 0.1) is 6.92 Å². The average molecular weight is 441 g/mol. The van der Waals surface area contributed by atoms with Crippen molar-refractivity contribution in [1.29, 1.82) is 0 Å². The molecular formula is C26H28N6O. The second-order valence-corrected chi connectivity index (χ2v) is 8.50. The van der Waals surface area contributed by atoms with Gasteiger partial charge in [-0.2, -0.15) is 9.97 Å². The Morgan fingerprint density at radius 1 is 0.909 bits per heavy atom. The molecule has 0 aliphatic carbocycles. The number of benzene rings is 1. The van der Waals surface area contributed by atoms with Gasteiger partial charge in [0.05, 0.1) is 12.0 Å². The van der Waals surface area contributed by atoms with E-state index in [4.69, 9.17) is 14.7 Å². The summed E-state index contributed by atoms with van der Waals surface area (Å²) in [5.41, 5.74) is 5.07. The van der Waals surface area contributed by atoms with E-state index in [1.54, 1.807) is 6.20 Å². The van der Waals surface area contributed by atoms with Gasteiger partial charge in [0.25, 0.3) is 0 Å². The van der Waals surface area contributed by atoms with Crippen molar-refractivity contribution in [2.75, 3.05) is 44.7 Å². The van der Waals surface area contributed by atoms with Crippen LogP contribution in [0.1, 0.15) is 11.3 Å². The summed E-state index contributed by atoms with van der Waals surface area (Å²) in [5.74, 6) is 0.892. The van der Waals surface area contributed by atoms with Gasteiger partial charge in [-0.1, -0.05) is 35.9 Å². The number of nitrogens with zero attached hydrogens (tertiary/aromatic N) is 6. The summed E-state index contributed by atoms with van der Waals surface area (Å²) in [7, 11) is 2.15. The molecule has 1 aliphatic heterocycles. The molecule has 7 nitrogen and oxygen atoms in total. The zero-order valence-electron chi connectivity index (χ0n) is 19.1. The maximum absolute atomic E-state index is 5.96. The van der Waals surface area contributed by atoms with Gasteiger partial charge in [0.2, 0.25) is 0 Å². The lowest BCUT2D eigenvalue weighted by molar-refractivity contribution is 0.293. The van der Waals surface area contributed by atoms with Crippen LogP contribution in [-0.4, -0.2) is 64.7 Å². The number of ether oxygens (including phenoxy) is 1. The van der Waals surface area contributed by atoms with Gasteiger partial charge in [0, 0.05) is 56.3 Å². The molecule has 1 fully saturated rings. The van der Waals surface area contributed by atoms with Gasteiger partial charge in [-0.05, 0) is 37.7 Å². The molecule has 7 heteroatoms. The zero-order chi connectivity index (χ0) is 22.6. The van der Waals surface area contributed by atoms with Crippen LogP contribution in [0.3, 0.4) is 0 Å². The highest BCUT2D eigenvalue weighted by molar-refractivity contribution is 5.90. The SMILES string of the molecule is Cc1cccc(-c2cnc3nc(OCCc4ccccn4)nc(N4CCN(C)CC4)c3c2)c1. The van der Waals surface area contributed by atoms with Crippen LogP contribution >= 0.6 is 0 Å². The number of hydrogen-bond donors (Lipinski definition) is 0. The summed E-state index contributed by atoms with van der Waals surface area (Å²) in [4.78, 5) is 23.2. The lowest BCUT2D eigenvalue weighted by Gasteiger charge is -2.33. The number of piperazine rings is 1. The van der Waals surface area contributed by atoms with E-state index in [0.29, 0.717) is 24.7 Å². The van der Waals surface area contributed by atoms with E-state index in [1.807, 2.05) is 24.4 Å². The predicted molar refractivity (Wildman–Crippen MR) is 131 cm³/mol. The van der Waals surface area contributed by atoms with Gasteiger partial charge in [-0.3, -0.25) is 4.98 Å². The molecule has 33 heavy (non-hydrogen) atoms. The quantitative estimate of drug-likeness (QED) is 0.452. The molecule has 0 N–H and O–H groups in total. The fourth-order valence-electron chi connectivity index (χ4n) is 4.08. The van der Waals surface area contributed by atoms with Crippen LogP contribution in [0.25, 0.3) is 22.2 Å². The minimum Gasteiger partial charge on any atom is -0.463 e. The van der Waals surface area contributed by atoms with Gasteiger partial charge in [0.15, 0.2) is 5.65 Å². The number of aromatic nitrogens is 4. The van der Waals surface area contributed by atoms with Crippen LogP contribution < -0.4 is 9.64 Å². The van der Waals surface area contributed by atoms with E-state index in [-0.39, 0.29) is 0 Å². The number of pyridine rings is 2. The summed E-state index contributed by atoms with van der Waals surface area (Å²) in [6, 6.07) is 16.9. The van der Waals surface area contributed by atoms with Gasteiger partial charge < -0.3 is 14.5 Å². The van der Waals surface area contributed by atoms with Crippen LogP contribution in [0.15, 0.2) is 60.9 Å². The van der Waals surface area contributed by atoms with Gasteiger partial charge in [-0.25, -0.2) is 4.98 Å². The van der Waals surface area contributed by atoms with Crippen LogP contribution in [0.5, 0.6) is 6.01 Å². The molecule has 1 aliphatic rings. The summed E-state index contributed by atoms with van der Waals surface area (Å²) in [5, 5.41) is 0.954. The van der Waals surface area contributed by atoms with Crippen molar-refractivity contribution in [1.82, 2.24) is 24.8 Å². The van der Waals surface area contributed by atoms with Crippen LogP contribution in [0.2, 0.25) is 0 Å². The van der Waals surface area contributed by atoms with Gasteiger partial charge in [0.1, 0.15) is 5.82 Å². The fourth-order valence-corrected chi connectivity index (χ4v) is 4.08. The van der Waals surface area contributed by atoms with Crippen LogP contribution in [0.4, 0.5) is 5.82 Å². The van der Waals surface area contributed by atoms with Crippen molar-refractivity contribution < 1.29 is 4.74 Å². The van der Waals surface area contributed by atoms with Crippen molar-refractivity contribution >= 4 is 16.9 Å². The van der Waals surface area contributed by atoms with E-state index in [1.165, 1.54) is 5.56 Å². The molecule has 0 amide bonds. The Bertz CT molecular complexity index is 1240. The lowest BCUT2D eigenvalue weighted by Crippen LogP contribution is -2.45. The number of rotatable bonds is 6. The predicted octanol–water partition coefficient (Wildman–Crippen LogP) is 3.77. The van der Waals surface area contributed by atoms with E-state index < -0.39 is 0 Å². The van der Waals surface area contributed by atoms with Crippen molar-refractivity contribution in [2.24, 2.45) is 0 Å². The Morgan fingerprint density at radius 2 is 1.79 bits per heavy atom. The second-order valence-electron chi connectivity index (χ2n) is 8.50. The number of hydrogen-bond acceptors (Lipinski definition) is 7. The summed E-state index contributed by atoms with van der Waals surface area (Å²) in [6.45, 7) is 6.37. The monoisotopic (exact) mass is 440 g/mol. The van der Waals surface area contributed by atoms with E-state index in [9.17, 15) is 0 Å². The standard InChI is InChI=1S/C26H28N6O/c1-19-6-5-7-20(16-19)21-17-23-24(28-18-21)29-26(33-15-9-22-8-3-4-10-27-22)30-25(23)32-13-11-31(2)12-14-32/h3-8,10,16-18H,9,11-15H2,1-2H3. The highest BCUT2D eigenvalue weighted by Gasteiger charge is 2.20. The molecule has 0 saturated carbocycles. The Kier molecular flexibility index (Phi) is 6.13. The summed E-state index contributed by atoms with van der Waals surface area (Å²) < 4.78 is 5.96. The maximum Gasteiger partial charge on any atom is 0.320 e. The van der Waals surface area contributed by atoms with E-state index in [2.05, 4.69) is 64.1 Å². The normalized spacial score (nSPS) is 14.5. The van der Waals surface area contributed by atoms with E-state index in [0.717, 1.165) is 54.2 Å². The number of likely N-dealkylation sites (N-methyl/N-ethyl adjacent to an activating group) is 1. The third kappa shape index (κ3) is 4.93. The van der Waals surface area contributed by atoms with Crippen molar-refractivity contribution in [3.8, 4) is 17.1 Å². The first kappa shape index (κ1) is 21.3. The van der Waals surface area contributed by atoms with Gasteiger partial charge in [-0.15, -0.1) is 0 Å². The fraction of sp³-hybridized carbons (Fsp3) is 0.308. The summed E-state index contributed by atoms with van der Waals surface area (Å²) in [6.07, 6.45) is 4.38. The number of aryl methyl sites for hydroxylation is 1. The Morgan fingerprint density at radius 3 is 2.58 bits per heavy atom. The average Bonchev–Trinajstić information content (AvgIpc) is 2.84. The molecular weight excluding hydrogens is 412 g/mol. The molecule has 1 saturated heterocycles. The third-order valence-corrected chi connectivity index (χ3v) is 5.98. The molecule has 4 aromatic rings. The van der Waals surface area contributed by atoms with Crippen molar-refractivity contribution in [2.45, 2.75) is 13.3 Å². The van der Waals surface area contributed by atoms with Gasteiger partial charge >= 0.3 is 6.01 Å². The molecule has 4 heterocycles. The smallest absolute Gasteiger partial charge is 0.320 e. The molecule has 0 bridgehead atoms. The highest BCUT2D eigenvalue weighted by atomic mass is 16.5. The zero-order valence-corrected chi connectivity index (χ0v) is 19.1. The Labute approximate surface area is 194 Å². The van der Waals surface area contributed by atoms with Crippen LogP contribution in [-0.2, 0) is 6.42 Å². The molecule has 3 aromatic heterocycles. The molecule has 1 aromatic carbocycles. The first-order chi connectivity index (χ1) is 16.2. The molecule has 0 unspecified atom stereocenters. The number of anilines is 1. The Hall–Kier alpha value is -3.58. The largest absolute Gasteiger partial charge is 0.463 e. The molecule has 0 atom stereocenters. The second kappa shape index (κ2) is 9.50. The minimum atomic E-state index is 0.364. The highest BCUT2D eigenvalue weighted by Crippen LogP contribution is 2.30. The minimum absolute atomic E-state index is 0.364. The summed E-state index contributed by atoms with van der Waals surface area (Å²) >= 11 is 0. The first-order valence-electron chi connectivity index (χ1n) is 11.4. The topological polar surface area (TPSA) is 67.3 Å². The number of fused-ring (bicyclic) bond motifs is 1. The molecule has 0 spiro atoms. The van der Waals surface area contributed by atoms with E-state index >= 15 is 0 Å². The third-order valence-electron chi connectivity index (χ3n) is 5.98. The maximum atomic E-state index is 5.96. The molecule has 5 rings (SSSR count). The molecule has 0 radical (unpaired) electrons. The lowest BCUT2D eigenvalue weighted by atomic mass is 10.0. The van der Waals surface area contributed by atoms with Crippen molar-refractivity contribution in [3.63, 3.8) is 0 Å². The molecule has 168 valence electrons. The first-order valence-corrected chi connectivity index (χ1v) is 11.4. The van der Waals surface area contributed by atoms with Crippen molar-refractivity contribution in [3.05, 3.63) is 72.2 Å². The Balaban J connectivity index is 1.48.